The number of rotatable bonds is 2. The minimum absolute atomic E-state index is 0.0793. The molecule has 0 N–H and O–H groups in total. The molecule has 0 atom stereocenters. The zero-order chi connectivity index (χ0) is 17.6. The highest BCUT2D eigenvalue weighted by Crippen LogP contribution is 2.39. The molecule has 0 saturated heterocycles. The Hall–Kier alpha value is -2.08. The molecule has 1 aromatic heterocycles. The Kier molecular flexibility index (Phi) is 4.15. The molecule has 2 nitrogen and oxygen atoms in total. The standard InChI is InChI=1S/C18H8Cl2F2N2S/c19-11-5-1-9(2-6-11)13-15(21)16(22)14(18-17(13)23-25-24-18)10-3-7-12(20)8-4-10/h1-8H. The first-order valence-corrected chi connectivity index (χ1v) is 8.70. The summed E-state index contributed by atoms with van der Waals surface area (Å²) in [6.07, 6.45) is 0. The molecule has 0 aliphatic rings. The van der Waals surface area contributed by atoms with Crippen LogP contribution in [0.5, 0.6) is 0 Å². The van der Waals surface area contributed by atoms with Gasteiger partial charge in [-0.1, -0.05) is 47.5 Å². The highest BCUT2D eigenvalue weighted by Gasteiger charge is 2.24. The fourth-order valence-corrected chi connectivity index (χ4v) is 3.52. The summed E-state index contributed by atoms with van der Waals surface area (Å²) in [6, 6.07) is 13.0. The van der Waals surface area contributed by atoms with Gasteiger partial charge in [-0.05, 0) is 35.4 Å². The van der Waals surface area contributed by atoms with Crippen molar-refractivity contribution < 1.29 is 8.78 Å². The molecule has 124 valence electrons. The zero-order valence-electron chi connectivity index (χ0n) is 12.4. The lowest BCUT2D eigenvalue weighted by atomic mass is 9.96. The number of benzene rings is 3. The molecule has 0 spiro atoms. The molecule has 3 aromatic carbocycles. The van der Waals surface area contributed by atoms with Crippen molar-refractivity contribution in [3.63, 3.8) is 0 Å². The molecule has 25 heavy (non-hydrogen) atoms. The lowest BCUT2D eigenvalue weighted by Crippen LogP contribution is -1.97. The molecular formula is C18H8Cl2F2N2S. The van der Waals surface area contributed by atoms with Crippen molar-refractivity contribution in [3.05, 3.63) is 70.2 Å². The van der Waals surface area contributed by atoms with Gasteiger partial charge in [0.05, 0.1) is 11.7 Å². The predicted molar refractivity (Wildman–Crippen MR) is 98.2 cm³/mol. The summed E-state index contributed by atoms with van der Waals surface area (Å²) < 4.78 is 38.2. The molecule has 0 aliphatic heterocycles. The van der Waals surface area contributed by atoms with Gasteiger partial charge in [-0.15, -0.1) is 0 Å². The van der Waals surface area contributed by atoms with E-state index in [4.69, 9.17) is 23.2 Å². The monoisotopic (exact) mass is 392 g/mol. The molecule has 0 fully saturated rings. The molecule has 0 amide bonds. The van der Waals surface area contributed by atoms with Crippen LogP contribution in [0.3, 0.4) is 0 Å². The van der Waals surface area contributed by atoms with E-state index in [0.29, 0.717) is 32.2 Å². The summed E-state index contributed by atoms with van der Waals surface area (Å²) in [5, 5.41) is 1.02. The lowest BCUT2D eigenvalue weighted by Gasteiger charge is -2.11. The van der Waals surface area contributed by atoms with Crippen molar-refractivity contribution in [2.24, 2.45) is 0 Å². The number of aromatic nitrogens is 2. The van der Waals surface area contributed by atoms with Crippen LogP contribution in [0, 0.1) is 11.6 Å². The number of hydrogen-bond donors (Lipinski definition) is 0. The first-order valence-electron chi connectivity index (χ1n) is 7.21. The Morgan fingerprint density at radius 2 is 1.00 bits per heavy atom. The van der Waals surface area contributed by atoms with Crippen molar-refractivity contribution in [1.29, 1.82) is 0 Å². The van der Waals surface area contributed by atoms with Crippen LogP contribution < -0.4 is 0 Å². The van der Waals surface area contributed by atoms with Gasteiger partial charge in [0.2, 0.25) is 0 Å². The summed E-state index contributed by atoms with van der Waals surface area (Å²) in [5.74, 6) is -1.93. The zero-order valence-corrected chi connectivity index (χ0v) is 14.8. The fourth-order valence-electron chi connectivity index (χ4n) is 2.70. The normalized spacial score (nSPS) is 11.2. The van der Waals surface area contributed by atoms with Crippen LogP contribution >= 0.6 is 34.9 Å². The summed E-state index contributed by atoms with van der Waals surface area (Å²) in [4.78, 5) is 0. The van der Waals surface area contributed by atoms with Crippen LogP contribution in [0.15, 0.2) is 48.5 Å². The second-order valence-electron chi connectivity index (χ2n) is 5.35. The topological polar surface area (TPSA) is 25.8 Å². The first-order chi connectivity index (χ1) is 12.1. The van der Waals surface area contributed by atoms with Gasteiger partial charge in [0.1, 0.15) is 11.0 Å². The van der Waals surface area contributed by atoms with E-state index in [-0.39, 0.29) is 11.1 Å². The SMILES string of the molecule is Fc1c(F)c(-c2ccc(Cl)cc2)c2nsnc2c1-c1ccc(Cl)cc1. The van der Waals surface area contributed by atoms with E-state index >= 15 is 0 Å². The van der Waals surface area contributed by atoms with Gasteiger partial charge in [0, 0.05) is 21.2 Å². The van der Waals surface area contributed by atoms with E-state index in [1.165, 1.54) is 0 Å². The van der Waals surface area contributed by atoms with Crippen molar-refractivity contribution in [3.8, 4) is 22.3 Å². The maximum absolute atomic E-state index is 14.9. The Balaban J connectivity index is 2.04. The minimum atomic E-state index is -0.965. The van der Waals surface area contributed by atoms with Gasteiger partial charge < -0.3 is 0 Å². The molecule has 4 aromatic rings. The Labute approximate surface area is 156 Å². The lowest BCUT2D eigenvalue weighted by molar-refractivity contribution is 0.515. The third kappa shape index (κ3) is 2.78. The summed E-state index contributed by atoms with van der Waals surface area (Å²) in [5.41, 5.74) is 1.76. The van der Waals surface area contributed by atoms with Crippen molar-refractivity contribution in [2.45, 2.75) is 0 Å². The molecule has 0 bridgehead atoms. The highest BCUT2D eigenvalue weighted by atomic mass is 35.5. The predicted octanol–water partition coefficient (Wildman–Crippen LogP) is 6.61. The van der Waals surface area contributed by atoms with Gasteiger partial charge in [-0.3, -0.25) is 0 Å². The van der Waals surface area contributed by atoms with Gasteiger partial charge in [0.25, 0.3) is 0 Å². The van der Waals surface area contributed by atoms with Gasteiger partial charge >= 0.3 is 0 Å². The molecule has 0 saturated carbocycles. The molecule has 0 unspecified atom stereocenters. The Morgan fingerprint density at radius 1 is 0.640 bits per heavy atom. The number of fused-ring (bicyclic) bond motifs is 1. The van der Waals surface area contributed by atoms with Crippen LogP contribution in [0.1, 0.15) is 0 Å². The average molecular weight is 393 g/mol. The number of nitrogens with zero attached hydrogens (tertiary/aromatic N) is 2. The largest absolute Gasteiger partial charge is 0.203 e. The van der Waals surface area contributed by atoms with Gasteiger partial charge in [0.15, 0.2) is 11.6 Å². The summed E-state index contributed by atoms with van der Waals surface area (Å²) in [6.45, 7) is 0. The van der Waals surface area contributed by atoms with E-state index in [1.54, 1.807) is 48.5 Å². The third-order valence-corrected chi connectivity index (χ3v) is 4.89. The Morgan fingerprint density at radius 3 is 1.36 bits per heavy atom. The molecule has 0 aliphatic carbocycles. The number of hydrogen-bond acceptors (Lipinski definition) is 3. The van der Waals surface area contributed by atoms with Crippen molar-refractivity contribution >= 4 is 46.0 Å². The van der Waals surface area contributed by atoms with Gasteiger partial charge in [-0.2, -0.15) is 8.75 Å². The van der Waals surface area contributed by atoms with E-state index in [2.05, 4.69) is 8.75 Å². The minimum Gasteiger partial charge on any atom is -0.203 e. The molecule has 1 heterocycles. The maximum atomic E-state index is 14.9. The quantitative estimate of drug-likeness (QED) is 0.383. The second-order valence-corrected chi connectivity index (χ2v) is 6.75. The second kappa shape index (κ2) is 6.33. The maximum Gasteiger partial charge on any atom is 0.169 e. The fraction of sp³-hybridized carbons (Fsp3) is 0. The average Bonchev–Trinajstić information content (AvgIpc) is 3.07. The first kappa shape index (κ1) is 16.4. The van der Waals surface area contributed by atoms with Crippen LogP contribution in [-0.4, -0.2) is 8.75 Å². The highest BCUT2D eigenvalue weighted by molar-refractivity contribution is 7.00. The third-order valence-electron chi connectivity index (χ3n) is 3.86. The molecule has 4 rings (SSSR count). The van der Waals surface area contributed by atoms with Gasteiger partial charge in [-0.25, -0.2) is 8.78 Å². The molecule has 7 heteroatoms. The van der Waals surface area contributed by atoms with E-state index in [9.17, 15) is 8.78 Å². The van der Waals surface area contributed by atoms with Crippen LogP contribution in [-0.2, 0) is 0 Å². The van der Waals surface area contributed by atoms with Crippen molar-refractivity contribution in [1.82, 2.24) is 8.75 Å². The van der Waals surface area contributed by atoms with Crippen LogP contribution in [0.25, 0.3) is 33.3 Å². The van der Waals surface area contributed by atoms with E-state index in [1.807, 2.05) is 0 Å². The van der Waals surface area contributed by atoms with E-state index < -0.39 is 11.6 Å². The summed E-state index contributed by atoms with van der Waals surface area (Å²) >= 11 is 12.7. The molecular weight excluding hydrogens is 385 g/mol. The Bertz CT molecular complexity index is 992. The van der Waals surface area contributed by atoms with Crippen LogP contribution in [0.2, 0.25) is 10.0 Å². The van der Waals surface area contributed by atoms with Crippen LogP contribution in [0.4, 0.5) is 8.78 Å². The molecule has 0 radical (unpaired) electrons. The van der Waals surface area contributed by atoms with E-state index in [0.717, 1.165) is 11.7 Å². The number of halogens is 4. The smallest absolute Gasteiger partial charge is 0.169 e. The summed E-state index contributed by atoms with van der Waals surface area (Å²) in [7, 11) is 0. The van der Waals surface area contributed by atoms with Crippen molar-refractivity contribution in [2.75, 3.05) is 0 Å².